The number of nitrogens with one attached hydrogen (secondary N) is 1. The van der Waals surface area contributed by atoms with Gasteiger partial charge in [0.1, 0.15) is 12.9 Å². The number of aromatic nitrogens is 1. The van der Waals surface area contributed by atoms with Gasteiger partial charge in [0.05, 0.1) is 9.28 Å². The SMILES string of the molecule is CO/N=C1\C[C@@H](CCCC(=O)Nc2ncc(C)s2)C2C3CCc4cc(O)c(I)cc4C3CC[C@]12C. The molecule has 5 rings (SSSR count). The fourth-order valence-corrected chi connectivity index (χ4v) is 8.47. The van der Waals surface area contributed by atoms with E-state index in [-0.39, 0.29) is 11.3 Å². The van der Waals surface area contributed by atoms with Gasteiger partial charge in [0, 0.05) is 22.9 Å². The predicted octanol–water partition coefficient (Wildman–Crippen LogP) is 6.66. The summed E-state index contributed by atoms with van der Waals surface area (Å²) in [6.07, 6.45) is 9.60. The second-order valence-electron chi connectivity index (χ2n) is 10.7. The van der Waals surface area contributed by atoms with E-state index in [2.05, 4.69) is 51.0 Å². The van der Waals surface area contributed by atoms with Crippen molar-refractivity contribution in [3.05, 3.63) is 37.9 Å². The number of oxime groups is 1. The van der Waals surface area contributed by atoms with Crippen molar-refractivity contribution in [3.8, 4) is 5.75 Å². The summed E-state index contributed by atoms with van der Waals surface area (Å²) in [6.45, 7) is 4.40. The Hall–Kier alpha value is -1.68. The molecular weight excluding hydrogens is 573 g/mol. The van der Waals surface area contributed by atoms with Crippen LogP contribution < -0.4 is 5.32 Å². The molecule has 3 aliphatic carbocycles. The molecule has 2 saturated carbocycles. The van der Waals surface area contributed by atoms with E-state index in [1.54, 1.807) is 13.3 Å². The Bertz CT molecular complexity index is 1150. The Kier molecular flexibility index (Phi) is 7.14. The molecule has 35 heavy (non-hydrogen) atoms. The number of anilines is 1. The number of fused-ring (bicyclic) bond motifs is 5. The van der Waals surface area contributed by atoms with E-state index >= 15 is 0 Å². The summed E-state index contributed by atoms with van der Waals surface area (Å²) in [5, 5.41) is 18.4. The van der Waals surface area contributed by atoms with Crippen LogP contribution in [0.1, 0.15) is 73.8 Å². The van der Waals surface area contributed by atoms with Crippen molar-refractivity contribution in [2.24, 2.45) is 28.3 Å². The van der Waals surface area contributed by atoms with Crippen LogP contribution in [-0.4, -0.2) is 28.8 Å². The quantitative estimate of drug-likeness (QED) is 0.285. The molecule has 0 bridgehead atoms. The molecule has 6 nitrogen and oxygen atoms in total. The van der Waals surface area contributed by atoms with Gasteiger partial charge in [-0.1, -0.05) is 12.1 Å². The van der Waals surface area contributed by atoms with Gasteiger partial charge in [0.15, 0.2) is 5.13 Å². The fourth-order valence-electron chi connectivity index (χ4n) is 7.30. The number of amides is 1. The van der Waals surface area contributed by atoms with Gasteiger partial charge < -0.3 is 15.3 Å². The highest BCUT2D eigenvalue weighted by molar-refractivity contribution is 14.1. The zero-order valence-corrected chi connectivity index (χ0v) is 23.6. The third kappa shape index (κ3) is 4.72. The van der Waals surface area contributed by atoms with Crippen LogP contribution in [0.3, 0.4) is 0 Å². The van der Waals surface area contributed by atoms with E-state index < -0.39 is 0 Å². The largest absolute Gasteiger partial charge is 0.507 e. The molecule has 0 spiro atoms. The molecule has 0 radical (unpaired) electrons. The third-order valence-corrected chi connectivity index (χ3v) is 10.4. The van der Waals surface area contributed by atoms with Crippen LogP contribution in [0.2, 0.25) is 0 Å². The lowest BCUT2D eigenvalue weighted by Crippen LogP contribution is -2.44. The maximum absolute atomic E-state index is 12.5. The van der Waals surface area contributed by atoms with E-state index in [0.717, 1.165) is 53.4 Å². The van der Waals surface area contributed by atoms with Gasteiger partial charge in [-0.2, -0.15) is 0 Å². The van der Waals surface area contributed by atoms with Gasteiger partial charge >= 0.3 is 0 Å². The van der Waals surface area contributed by atoms with E-state index in [1.165, 1.54) is 28.2 Å². The van der Waals surface area contributed by atoms with E-state index in [0.29, 0.717) is 41.0 Å². The molecule has 3 unspecified atom stereocenters. The van der Waals surface area contributed by atoms with Crippen molar-refractivity contribution in [1.82, 2.24) is 4.98 Å². The summed E-state index contributed by atoms with van der Waals surface area (Å²) in [6, 6.07) is 4.22. The van der Waals surface area contributed by atoms with Crippen molar-refractivity contribution in [2.75, 3.05) is 12.4 Å². The van der Waals surface area contributed by atoms with Crippen molar-refractivity contribution in [3.63, 3.8) is 0 Å². The highest BCUT2D eigenvalue weighted by atomic mass is 127. The first kappa shape index (κ1) is 25.0. The number of carbonyl (C=O) groups excluding carboxylic acids is 1. The molecule has 2 N–H and O–H groups in total. The number of hydrogen-bond donors (Lipinski definition) is 2. The molecule has 1 amide bonds. The number of benzene rings is 1. The molecule has 188 valence electrons. The van der Waals surface area contributed by atoms with Crippen LogP contribution in [0.25, 0.3) is 0 Å². The summed E-state index contributed by atoms with van der Waals surface area (Å²) in [7, 11) is 1.65. The van der Waals surface area contributed by atoms with Crippen LogP contribution in [0.15, 0.2) is 23.5 Å². The van der Waals surface area contributed by atoms with Gasteiger partial charge in [0.2, 0.25) is 5.91 Å². The second kappa shape index (κ2) is 10.00. The Balaban J connectivity index is 1.33. The zero-order valence-electron chi connectivity index (χ0n) is 20.6. The van der Waals surface area contributed by atoms with Crippen molar-refractivity contribution < 1.29 is 14.7 Å². The Morgan fingerprint density at radius 1 is 1.40 bits per heavy atom. The number of nitrogens with zero attached hydrogens (tertiary/aromatic N) is 2. The Morgan fingerprint density at radius 3 is 2.97 bits per heavy atom. The molecular formula is C27H34IN3O3S. The van der Waals surface area contributed by atoms with Crippen LogP contribution >= 0.6 is 33.9 Å². The number of aromatic hydroxyl groups is 1. The van der Waals surface area contributed by atoms with Gasteiger partial charge in [-0.25, -0.2) is 4.98 Å². The summed E-state index contributed by atoms with van der Waals surface area (Å²) in [5.41, 5.74) is 4.04. The molecule has 3 aliphatic rings. The third-order valence-electron chi connectivity index (χ3n) is 8.71. The smallest absolute Gasteiger partial charge is 0.226 e. The van der Waals surface area contributed by atoms with Crippen molar-refractivity contribution >= 4 is 50.7 Å². The average molecular weight is 608 g/mol. The van der Waals surface area contributed by atoms with Gasteiger partial charge in [-0.15, -0.1) is 11.3 Å². The maximum atomic E-state index is 12.5. The lowest BCUT2D eigenvalue weighted by Gasteiger charge is -2.50. The molecule has 1 heterocycles. The molecule has 0 aliphatic heterocycles. The van der Waals surface area contributed by atoms with Crippen molar-refractivity contribution in [1.29, 1.82) is 0 Å². The minimum atomic E-state index is 0.0494. The summed E-state index contributed by atoms with van der Waals surface area (Å²) in [5.74, 6) is 2.64. The molecule has 5 atom stereocenters. The molecule has 1 aromatic carbocycles. The molecule has 1 aromatic heterocycles. The second-order valence-corrected chi connectivity index (χ2v) is 13.1. The van der Waals surface area contributed by atoms with Gasteiger partial charge in [-0.3, -0.25) is 4.79 Å². The minimum Gasteiger partial charge on any atom is -0.507 e. The van der Waals surface area contributed by atoms with Crippen LogP contribution in [-0.2, 0) is 16.1 Å². The predicted molar refractivity (Wildman–Crippen MR) is 148 cm³/mol. The molecule has 0 saturated heterocycles. The summed E-state index contributed by atoms with van der Waals surface area (Å²) >= 11 is 3.77. The number of hydrogen-bond acceptors (Lipinski definition) is 6. The lowest BCUT2D eigenvalue weighted by molar-refractivity contribution is -0.116. The molecule has 2 aromatic rings. The number of thiazole rings is 1. The Labute approximate surface area is 225 Å². The minimum absolute atomic E-state index is 0.0494. The fraction of sp³-hybridized carbons (Fsp3) is 0.593. The summed E-state index contributed by atoms with van der Waals surface area (Å²) < 4.78 is 0.946. The number of rotatable bonds is 6. The average Bonchev–Trinajstić information content (AvgIpc) is 3.35. The normalized spacial score (nSPS) is 30.5. The summed E-state index contributed by atoms with van der Waals surface area (Å²) in [4.78, 5) is 23.2. The highest BCUT2D eigenvalue weighted by Gasteiger charge is 2.57. The number of halogens is 1. The zero-order chi connectivity index (χ0) is 24.7. The molecule has 2 fully saturated rings. The van der Waals surface area contributed by atoms with Crippen LogP contribution in [0.5, 0.6) is 5.75 Å². The molecule has 8 heteroatoms. The Morgan fingerprint density at radius 2 is 2.23 bits per heavy atom. The van der Waals surface area contributed by atoms with E-state index in [4.69, 9.17) is 4.84 Å². The van der Waals surface area contributed by atoms with Crippen molar-refractivity contribution in [2.45, 2.75) is 71.1 Å². The first-order chi connectivity index (χ1) is 16.8. The number of carbonyl (C=O) groups is 1. The van der Waals surface area contributed by atoms with Crippen LogP contribution in [0.4, 0.5) is 5.13 Å². The standard InChI is InChI=1S/C27H34IN3O3S/c1-15-14-29-26(35-15)30-24(33)6-4-5-17-12-23(31-34-3)27(2)10-9-18-19(25(17)27)8-7-16-11-22(32)21(28)13-20(16)18/h11,13-14,17-19,25,32H,4-10,12H2,1-3H3,(H,29,30,33)/b31-23+/t17-,18?,19?,25?,27-/m1/s1. The van der Waals surface area contributed by atoms with Gasteiger partial charge in [0.25, 0.3) is 0 Å². The monoisotopic (exact) mass is 607 g/mol. The highest BCUT2D eigenvalue weighted by Crippen LogP contribution is 2.62. The maximum Gasteiger partial charge on any atom is 0.226 e. The van der Waals surface area contributed by atoms with E-state index in [9.17, 15) is 9.90 Å². The number of phenolic OH excluding ortho intramolecular Hbond substituents is 1. The first-order valence-electron chi connectivity index (χ1n) is 12.6. The topological polar surface area (TPSA) is 83.8 Å². The van der Waals surface area contributed by atoms with Crippen LogP contribution in [0, 0.1) is 33.7 Å². The first-order valence-corrected chi connectivity index (χ1v) is 14.5. The lowest BCUT2D eigenvalue weighted by atomic mass is 9.54. The number of aryl methyl sites for hydroxylation is 2. The number of phenols is 1. The van der Waals surface area contributed by atoms with Gasteiger partial charge in [-0.05, 0) is 121 Å². The van der Waals surface area contributed by atoms with E-state index in [1.807, 2.05) is 13.0 Å².